The minimum Gasteiger partial charge on any atom is -0.496 e. The molecule has 0 atom stereocenters. The third kappa shape index (κ3) is 4.99. The van der Waals surface area contributed by atoms with Gasteiger partial charge in [0.15, 0.2) is 15.8 Å². The lowest BCUT2D eigenvalue weighted by atomic mass is 10.1. The van der Waals surface area contributed by atoms with Crippen molar-refractivity contribution in [2.45, 2.75) is 32.1 Å². The van der Waals surface area contributed by atoms with Crippen LogP contribution in [0.4, 0.5) is 0 Å². The topological polar surface area (TPSA) is 71.0 Å². The van der Waals surface area contributed by atoms with Crippen LogP contribution in [0, 0.1) is 6.92 Å². The molecule has 0 unspecified atom stereocenters. The number of sulfone groups is 1. The molecule has 8 heteroatoms. The fourth-order valence-corrected chi connectivity index (χ4v) is 4.25. The van der Waals surface area contributed by atoms with Crippen molar-refractivity contribution in [3.8, 4) is 5.75 Å². The summed E-state index contributed by atoms with van der Waals surface area (Å²) in [5.41, 5.74) is 2.20. The molecule has 1 N–H and O–H groups in total. The summed E-state index contributed by atoms with van der Waals surface area (Å²) < 4.78 is 28.8. The summed E-state index contributed by atoms with van der Waals surface area (Å²) in [5, 5.41) is 3.33. The van der Waals surface area contributed by atoms with E-state index < -0.39 is 14.6 Å². The second kappa shape index (κ2) is 8.57. The highest BCUT2D eigenvalue weighted by molar-refractivity contribution is 14.0. The third-order valence-corrected chi connectivity index (χ3v) is 7.00. The molecule has 25 heavy (non-hydrogen) atoms. The van der Waals surface area contributed by atoms with Gasteiger partial charge in [0.25, 0.3) is 0 Å². The largest absolute Gasteiger partial charge is 0.496 e. The number of aliphatic imine (C=N–C) groups is 1. The first-order valence-corrected chi connectivity index (χ1v) is 9.67. The van der Waals surface area contributed by atoms with Crippen molar-refractivity contribution in [1.82, 2.24) is 10.2 Å². The molecule has 1 heterocycles. The van der Waals surface area contributed by atoms with Crippen molar-refractivity contribution in [2.24, 2.45) is 4.99 Å². The lowest BCUT2D eigenvalue weighted by Gasteiger charge is -2.39. The summed E-state index contributed by atoms with van der Waals surface area (Å²) in [7, 11) is 0.327. The number of hydrogen-bond acceptors (Lipinski definition) is 4. The molecule has 1 saturated heterocycles. The lowest BCUT2D eigenvalue weighted by molar-refractivity contribution is 0.353. The van der Waals surface area contributed by atoms with Gasteiger partial charge in [-0.2, -0.15) is 0 Å². The van der Waals surface area contributed by atoms with E-state index in [9.17, 15) is 8.42 Å². The van der Waals surface area contributed by atoms with E-state index in [4.69, 9.17) is 4.74 Å². The first-order valence-electron chi connectivity index (χ1n) is 8.01. The Bertz CT molecular complexity index is 733. The predicted octanol–water partition coefficient (Wildman–Crippen LogP) is 2.21. The van der Waals surface area contributed by atoms with Gasteiger partial charge in [-0.05, 0) is 38.0 Å². The van der Waals surface area contributed by atoms with Gasteiger partial charge < -0.3 is 15.0 Å². The number of methoxy groups -OCH3 is 1. The number of halogens is 1. The Hall–Kier alpha value is -1.03. The summed E-state index contributed by atoms with van der Waals surface area (Å²) >= 11 is 0. The number of rotatable bonds is 3. The third-order valence-electron chi connectivity index (χ3n) is 4.46. The molecule has 0 spiro atoms. The zero-order chi connectivity index (χ0) is 18.0. The average Bonchev–Trinajstić information content (AvgIpc) is 2.51. The molecule has 1 fully saturated rings. The Morgan fingerprint density at radius 1 is 1.40 bits per heavy atom. The molecule has 0 aliphatic carbocycles. The predicted molar refractivity (Wildman–Crippen MR) is 113 cm³/mol. The smallest absolute Gasteiger partial charge is 0.193 e. The zero-order valence-corrected chi connectivity index (χ0v) is 18.6. The molecule has 1 aliphatic heterocycles. The maximum absolute atomic E-state index is 12.1. The van der Waals surface area contributed by atoms with E-state index in [1.807, 2.05) is 24.0 Å². The Morgan fingerprint density at radius 3 is 2.60 bits per heavy atom. The van der Waals surface area contributed by atoms with E-state index >= 15 is 0 Å². The van der Waals surface area contributed by atoms with E-state index in [1.54, 1.807) is 28.0 Å². The highest BCUT2D eigenvalue weighted by atomic mass is 127. The Kier molecular flexibility index (Phi) is 7.54. The number of hydrogen-bond donors (Lipinski definition) is 1. The van der Waals surface area contributed by atoms with Crippen LogP contribution < -0.4 is 10.1 Å². The van der Waals surface area contributed by atoms with Crippen LogP contribution in [0.3, 0.4) is 0 Å². The van der Waals surface area contributed by atoms with Crippen LogP contribution in [-0.2, 0) is 16.4 Å². The van der Waals surface area contributed by atoms with Crippen LogP contribution >= 0.6 is 24.0 Å². The van der Waals surface area contributed by atoms with E-state index in [0.29, 0.717) is 19.6 Å². The van der Waals surface area contributed by atoms with Gasteiger partial charge in [0, 0.05) is 26.7 Å². The molecule has 142 valence electrons. The maximum atomic E-state index is 12.1. The number of ether oxygens (including phenoxy) is 1. The minimum atomic E-state index is -3.05. The molecule has 0 amide bonds. The van der Waals surface area contributed by atoms with Crippen molar-refractivity contribution in [3.05, 3.63) is 29.3 Å². The molecule has 0 radical (unpaired) electrons. The first kappa shape index (κ1) is 22.0. The van der Waals surface area contributed by atoms with Crippen molar-refractivity contribution < 1.29 is 13.2 Å². The van der Waals surface area contributed by atoms with Gasteiger partial charge in [-0.3, -0.25) is 4.99 Å². The number of guanidine groups is 1. The van der Waals surface area contributed by atoms with Crippen LogP contribution in [0.2, 0.25) is 0 Å². The molecular weight excluding hydrogens is 453 g/mol. The van der Waals surface area contributed by atoms with Crippen molar-refractivity contribution in [3.63, 3.8) is 0 Å². The SMILES string of the molecule is CN=C(NCc1ccc(OC)c(C)c1)N1CCS(=O)(=O)C(C)(C)C1.I. The molecule has 1 aromatic carbocycles. The molecule has 0 saturated carbocycles. The van der Waals surface area contributed by atoms with Crippen molar-refractivity contribution in [2.75, 3.05) is 33.0 Å². The minimum absolute atomic E-state index is 0. The van der Waals surface area contributed by atoms with Gasteiger partial charge in [-0.15, -0.1) is 24.0 Å². The van der Waals surface area contributed by atoms with E-state index in [1.165, 1.54) is 0 Å². The number of nitrogens with one attached hydrogen (secondary N) is 1. The Balaban J connectivity index is 0.00000312. The standard InChI is InChI=1S/C17H27N3O3S.HI/c1-13-10-14(6-7-15(13)23-5)11-19-16(18-4)20-8-9-24(21,22)17(2,3)12-20;/h6-7,10H,8-9,11-12H2,1-5H3,(H,18,19);1H. The van der Waals surface area contributed by atoms with Gasteiger partial charge in [0.05, 0.1) is 17.6 Å². The van der Waals surface area contributed by atoms with Gasteiger partial charge in [-0.25, -0.2) is 8.42 Å². The molecular formula is C17H28IN3O3S. The second-order valence-corrected chi connectivity index (χ2v) is 9.45. The van der Waals surface area contributed by atoms with E-state index in [2.05, 4.69) is 16.4 Å². The molecule has 0 aromatic heterocycles. The quantitative estimate of drug-likeness (QED) is 0.407. The summed E-state index contributed by atoms with van der Waals surface area (Å²) in [6, 6.07) is 6.03. The summed E-state index contributed by atoms with van der Waals surface area (Å²) in [5.74, 6) is 1.75. The van der Waals surface area contributed by atoms with Gasteiger partial charge in [0.1, 0.15) is 5.75 Å². The van der Waals surface area contributed by atoms with Crippen LogP contribution in [0.25, 0.3) is 0 Å². The Labute approximate surface area is 168 Å². The monoisotopic (exact) mass is 481 g/mol. The van der Waals surface area contributed by atoms with E-state index in [0.717, 1.165) is 22.8 Å². The number of aryl methyl sites for hydroxylation is 1. The molecule has 1 aliphatic rings. The molecule has 2 rings (SSSR count). The van der Waals surface area contributed by atoms with Crippen molar-refractivity contribution >= 4 is 39.8 Å². The van der Waals surface area contributed by atoms with Gasteiger partial charge >= 0.3 is 0 Å². The van der Waals surface area contributed by atoms with Crippen LogP contribution in [0.5, 0.6) is 5.75 Å². The lowest BCUT2D eigenvalue weighted by Crippen LogP contribution is -2.57. The van der Waals surface area contributed by atoms with Gasteiger partial charge in [-0.1, -0.05) is 12.1 Å². The molecule has 6 nitrogen and oxygen atoms in total. The highest BCUT2D eigenvalue weighted by Crippen LogP contribution is 2.24. The normalized spacial score (nSPS) is 19.1. The van der Waals surface area contributed by atoms with Gasteiger partial charge in [0.2, 0.25) is 0 Å². The number of nitrogens with zero attached hydrogens (tertiary/aromatic N) is 2. The van der Waals surface area contributed by atoms with Crippen LogP contribution in [0.15, 0.2) is 23.2 Å². The number of benzene rings is 1. The zero-order valence-electron chi connectivity index (χ0n) is 15.5. The fourth-order valence-electron chi connectivity index (χ4n) is 2.89. The molecule has 0 bridgehead atoms. The second-order valence-electron chi connectivity index (χ2n) is 6.70. The average molecular weight is 481 g/mol. The van der Waals surface area contributed by atoms with Crippen LogP contribution in [-0.4, -0.2) is 57.0 Å². The molecule has 1 aromatic rings. The fraction of sp³-hybridized carbons (Fsp3) is 0.588. The van der Waals surface area contributed by atoms with E-state index in [-0.39, 0.29) is 29.7 Å². The highest BCUT2D eigenvalue weighted by Gasteiger charge is 2.40. The first-order chi connectivity index (χ1) is 11.2. The Morgan fingerprint density at radius 2 is 2.08 bits per heavy atom. The van der Waals surface area contributed by atoms with Crippen molar-refractivity contribution in [1.29, 1.82) is 0 Å². The summed E-state index contributed by atoms with van der Waals surface area (Å²) in [4.78, 5) is 6.32. The summed E-state index contributed by atoms with van der Waals surface area (Å²) in [6.45, 7) is 7.09. The van der Waals surface area contributed by atoms with Crippen LogP contribution in [0.1, 0.15) is 25.0 Å². The summed E-state index contributed by atoms with van der Waals surface area (Å²) in [6.07, 6.45) is 0. The maximum Gasteiger partial charge on any atom is 0.193 e.